The highest BCUT2D eigenvalue weighted by Gasteiger charge is 2.39. The van der Waals surface area contributed by atoms with Crippen molar-refractivity contribution in [2.24, 2.45) is 0 Å². The molecule has 3 N–H and O–H groups in total. The third-order valence-corrected chi connectivity index (χ3v) is 9.54. The number of hydrogen-bond donors (Lipinski definition) is 3. The highest BCUT2D eigenvalue weighted by molar-refractivity contribution is 5.77. The van der Waals surface area contributed by atoms with Gasteiger partial charge in [0.1, 0.15) is 11.5 Å². The predicted octanol–water partition coefficient (Wildman–Crippen LogP) is 6.19. The maximum Gasteiger partial charge on any atom is 0.215 e. The van der Waals surface area contributed by atoms with E-state index in [4.69, 9.17) is 18.9 Å². The Morgan fingerprint density at radius 2 is 1.63 bits per heavy atom. The molecule has 0 saturated heterocycles. The van der Waals surface area contributed by atoms with E-state index in [1.165, 1.54) is 11.1 Å². The molecule has 8 heteroatoms. The van der Waals surface area contributed by atoms with E-state index in [2.05, 4.69) is 47.6 Å². The molecule has 0 radical (unpaired) electrons. The number of ether oxygens (including phenoxy) is 4. The van der Waals surface area contributed by atoms with Gasteiger partial charge >= 0.3 is 0 Å². The number of phenols is 2. The summed E-state index contributed by atoms with van der Waals surface area (Å²) in [6, 6.07) is 16.1. The minimum atomic E-state index is -0.0849. The van der Waals surface area contributed by atoms with Crippen molar-refractivity contribution in [1.29, 1.82) is 0 Å². The van der Waals surface area contributed by atoms with E-state index < -0.39 is 0 Å². The average molecular weight is 579 g/mol. The third kappa shape index (κ3) is 4.04. The van der Waals surface area contributed by atoms with Crippen molar-refractivity contribution in [1.82, 2.24) is 10.2 Å². The van der Waals surface area contributed by atoms with Gasteiger partial charge in [-0.1, -0.05) is 12.1 Å². The summed E-state index contributed by atoms with van der Waals surface area (Å²) in [5.74, 6) is 3.41. The fourth-order valence-corrected chi connectivity index (χ4v) is 7.36. The molecule has 0 unspecified atom stereocenters. The number of nitrogens with zero attached hydrogens (tertiary/aromatic N) is 1. The number of likely N-dealkylation sites (N-methyl/N-ethyl adjacent to an activating group) is 1. The second-order valence-electron chi connectivity index (χ2n) is 11.9. The molecule has 0 spiro atoms. The fraction of sp³-hybridized carbons (Fsp3) is 0.314. The van der Waals surface area contributed by atoms with Gasteiger partial charge in [0.05, 0.1) is 14.2 Å². The topological polar surface area (TPSA) is 92.7 Å². The van der Waals surface area contributed by atoms with Crippen molar-refractivity contribution in [3.63, 3.8) is 0 Å². The molecule has 4 heterocycles. The van der Waals surface area contributed by atoms with Crippen LogP contribution in [0.3, 0.4) is 0 Å². The highest BCUT2D eigenvalue weighted by atomic mass is 16.6. The molecule has 0 aliphatic carbocycles. The summed E-state index contributed by atoms with van der Waals surface area (Å²) in [5, 5.41) is 26.2. The monoisotopic (exact) mass is 578 g/mol. The van der Waals surface area contributed by atoms with Crippen molar-refractivity contribution in [2.75, 3.05) is 34.4 Å². The Kier molecular flexibility index (Phi) is 6.00. The van der Waals surface area contributed by atoms with Crippen molar-refractivity contribution < 1.29 is 29.2 Å². The molecule has 4 aliphatic rings. The quantitative estimate of drug-likeness (QED) is 0.228. The van der Waals surface area contributed by atoms with Gasteiger partial charge in [0.2, 0.25) is 11.5 Å². The first-order chi connectivity index (χ1) is 20.9. The first-order valence-corrected chi connectivity index (χ1v) is 14.8. The standard InChI is InChI=1S/C35H34N2O6/c1-37-11-9-21-31-26(37)15-19-5-7-28(40-2)24(13-19)23-12-18(4-6-27(23)38)14-25-22-17-30-29(16-20(22)8-10-36-25)43-35(34(31)42-30)32(39)33(21)41-3/h4-7,12-13,16-17,25-26,36,38-39H,8-11,14-15H2,1-3H3/t25-,26-/m0/s1. The molecule has 8 nitrogen and oxygen atoms in total. The molecule has 43 heavy (non-hydrogen) atoms. The fourth-order valence-electron chi connectivity index (χ4n) is 7.36. The van der Waals surface area contributed by atoms with Crippen LogP contribution in [0.4, 0.5) is 0 Å². The molecule has 2 atom stereocenters. The Bertz CT molecular complexity index is 1800. The van der Waals surface area contributed by atoms with Gasteiger partial charge in [-0.05, 0) is 97.9 Å². The minimum Gasteiger partial charge on any atom is -0.507 e. The van der Waals surface area contributed by atoms with Crippen LogP contribution in [0.5, 0.6) is 46.0 Å². The molecule has 0 aromatic heterocycles. The van der Waals surface area contributed by atoms with Gasteiger partial charge in [0.15, 0.2) is 23.0 Å². The van der Waals surface area contributed by atoms with Gasteiger partial charge in [-0.2, -0.15) is 0 Å². The molecular weight excluding hydrogens is 544 g/mol. The summed E-state index contributed by atoms with van der Waals surface area (Å²) in [4.78, 5) is 2.32. The lowest BCUT2D eigenvalue weighted by atomic mass is 9.85. The number of phenolic OH excluding ortho intramolecular Hbond substituents is 2. The smallest absolute Gasteiger partial charge is 0.215 e. The molecule has 8 rings (SSSR count). The van der Waals surface area contributed by atoms with Gasteiger partial charge < -0.3 is 34.5 Å². The van der Waals surface area contributed by atoms with Crippen LogP contribution < -0.4 is 24.3 Å². The minimum absolute atomic E-state index is 0.0300. The molecule has 0 fully saturated rings. The van der Waals surface area contributed by atoms with Crippen LogP contribution in [-0.4, -0.2) is 49.5 Å². The molecule has 4 aromatic rings. The SMILES string of the molecule is COc1ccc2cc1-c1cc(ccc1O)C[C@@H]1NCCc3cc4c(cc31)Oc1c(c(O)c(OC)c3c1[C@H](C2)N(C)CC3)O4. The van der Waals surface area contributed by atoms with Crippen LogP contribution in [0.1, 0.15) is 45.5 Å². The zero-order valence-electron chi connectivity index (χ0n) is 24.5. The second-order valence-corrected chi connectivity index (χ2v) is 11.9. The van der Waals surface area contributed by atoms with Gasteiger partial charge in [-0.3, -0.25) is 4.90 Å². The molecular formula is C35H34N2O6. The summed E-state index contributed by atoms with van der Waals surface area (Å²) in [6.45, 7) is 1.62. The van der Waals surface area contributed by atoms with Crippen molar-refractivity contribution >= 4 is 0 Å². The lowest BCUT2D eigenvalue weighted by Gasteiger charge is -2.38. The zero-order valence-corrected chi connectivity index (χ0v) is 24.5. The van der Waals surface area contributed by atoms with Crippen LogP contribution in [0, 0.1) is 0 Å². The van der Waals surface area contributed by atoms with Gasteiger partial charge in [-0.15, -0.1) is 0 Å². The summed E-state index contributed by atoms with van der Waals surface area (Å²) in [7, 11) is 5.36. The van der Waals surface area contributed by atoms with Crippen LogP contribution in [0.2, 0.25) is 0 Å². The van der Waals surface area contributed by atoms with E-state index in [0.717, 1.165) is 59.3 Å². The van der Waals surface area contributed by atoms with E-state index in [1.807, 2.05) is 12.1 Å². The summed E-state index contributed by atoms with van der Waals surface area (Å²) in [5.41, 5.74) is 8.03. The zero-order chi connectivity index (χ0) is 29.4. The van der Waals surface area contributed by atoms with E-state index in [9.17, 15) is 10.2 Å². The molecule has 4 aliphatic heterocycles. The third-order valence-electron chi connectivity index (χ3n) is 9.54. The number of fused-ring (bicyclic) bond motifs is 5. The number of nitrogens with one attached hydrogen (secondary N) is 1. The van der Waals surface area contributed by atoms with Gasteiger partial charge in [0, 0.05) is 40.9 Å². The Morgan fingerprint density at radius 1 is 0.860 bits per heavy atom. The maximum absolute atomic E-state index is 11.4. The summed E-state index contributed by atoms with van der Waals surface area (Å²) < 4.78 is 24.8. The molecule has 7 bridgehead atoms. The van der Waals surface area contributed by atoms with E-state index in [-0.39, 0.29) is 23.6 Å². The van der Waals surface area contributed by atoms with Crippen LogP contribution in [0.15, 0.2) is 48.5 Å². The first-order valence-electron chi connectivity index (χ1n) is 14.8. The van der Waals surface area contributed by atoms with Crippen molar-refractivity contribution in [3.8, 4) is 57.1 Å². The second kappa shape index (κ2) is 9.82. The highest BCUT2D eigenvalue weighted by Crippen LogP contribution is 2.59. The lowest BCUT2D eigenvalue weighted by molar-refractivity contribution is 0.215. The summed E-state index contributed by atoms with van der Waals surface area (Å²) in [6.07, 6.45) is 2.95. The average Bonchev–Trinajstić information content (AvgIpc) is 3.01. The molecule has 220 valence electrons. The van der Waals surface area contributed by atoms with Crippen molar-refractivity contribution in [2.45, 2.75) is 37.8 Å². The number of rotatable bonds is 2. The van der Waals surface area contributed by atoms with Crippen LogP contribution in [0.25, 0.3) is 11.1 Å². The van der Waals surface area contributed by atoms with Crippen LogP contribution in [-0.2, 0) is 25.7 Å². The Morgan fingerprint density at radius 3 is 2.47 bits per heavy atom. The van der Waals surface area contributed by atoms with Gasteiger partial charge in [0.25, 0.3) is 0 Å². The normalized spacial score (nSPS) is 19.8. The molecule has 0 amide bonds. The maximum atomic E-state index is 11.4. The van der Waals surface area contributed by atoms with Crippen LogP contribution >= 0.6 is 0 Å². The van der Waals surface area contributed by atoms with E-state index in [1.54, 1.807) is 20.3 Å². The van der Waals surface area contributed by atoms with E-state index >= 15 is 0 Å². The Balaban J connectivity index is 1.41. The van der Waals surface area contributed by atoms with Crippen molar-refractivity contribution in [3.05, 3.63) is 81.9 Å². The first kappa shape index (κ1) is 26.2. The molecule has 0 saturated carbocycles. The number of hydrogen-bond acceptors (Lipinski definition) is 8. The lowest BCUT2D eigenvalue weighted by Crippen LogP contribution is -2.34. The Hall–Kier alpha value is -4.40. The van der Waals surface area contributed by atoms with Gasteiger partial charge in [-0.25, -0.2) is 0 Å². The largest absolute Gasteiger partial charge is 0.507 e. The van der Waals surface area contributed by atoms with E-state index in [0.29, 0.717) is 47.3 Å². The predicted molar refractivity (Wildman–Crippen MR) is 162 cm³/mol. The summed E-state index contributed by atoms with van der Waals surface area (Å²) >= 11 is 0. The number of methoxy groups -OCH3 is 2. The number of aromatic hydroxyl groups is 2. The Labute approximate surface area is 250 Å². The molecule has 4 aromatic carbocycles. The number of benzene rings is 4.